The number of unbranched alkanes of at least 4 members (excludes halogenated alkanes) is 34. The van der Waals surface area contributed by atoms with Gasteiger partial charge in [0.15, 0.2) is 6.10 Å². The van der Waals surface area contributed by atoms with Gasteiger partial charge in [-0.3, -0.25) is 14.4 Å². The van der Waals surface area contributed by atoms with Gasteiger partial charge in [0, 0.05) is 19.3 Å². The fraction of sp³-hybridized carbons (Fsp3) is 0.945. The first kappa shape index (κ1) is 59.4. The summed E-state index contributed by atoms with van der Waals surface area (Å²) in [4.78, 5) is 38.0. The molecular formula is C55H106O6. The van der Waals surface area contributed by atoms with E-state index in [4.69, 9.17) is 14.2 Å². The lowest BCUT2D eigenvalue weighted by Crippen LogP contribution is -2.30. The minimum absolute atomic E-state index is 0.0631. The molecule has 6 nitrogen and oxygen atoms in total. The molecule has 0 amide bonds. The zero-order valence-corrected chi connectivity index (χ0v) is 41.8. The van der Waals surface area contributed by atoms with Crippen molar-refractivity contribution in [2.75, 3.05) is 13.2 Å². The van der Waals surface area contributed by atoms with E-state index in [1.807, 2.05) is 0 Å². The molecule has 0 N–H and O–H groups in total. The normalized spacial score (nSPS) is 12.0. The van der Waals surface area contributed by atoms with Gasteiger partial charge >= 0.3 is 17.9 Å². The van der Waals surface area contributed by atoms with Gasteiger partial charge in [0.25, 0.3) is 0 Å². The van der Waals surface area contributed by atoms with Crippen molar-refractivity contribution < 1.29 is 28.6 Å². The van der Waals surface area contributed by atoms with Gasteiger partial charge < -0.3 is 14.2 Å². The van der Waals surface area contributed by atoms with E-state index in [1.54, 1.807) is 0 Å². The second kappa shape index (κ2) is 47.9. The predicted molar refractivity (Wildman–Crippen MR) is 261 cm³/mol. The smallest absolute Gasteiger partial charge is 0.306 e. The Morgan fingerprint density at radius 3 is 0.803 bits per heavy atom. The Labute approximate surface area is 380 Å². The van der Waals surface area contributed by atoms with E-state index in [0.29, 0.717) is 19.3 Å². The van der Waals surface area contributed by atoms with Crippen LogP contribution in [0.25, 0.3) is 0 Å². The maximum atomic E-state index is 12.8. The molecular weight excluding hydrogens is 757 g/mol. The summed E-state index contributed by atoms with van der Waals surface area (Å²) in [6, 6.07) is 0. The Hall–Kier alpha value is -1.59. The first-order valence-electron chi connectivity index (χ1n) is 27.2. The van der Waals surface area contributed by atoms with Crippen molar-refractivity contribution in [3.05, 3.63) is 0 Å². The summed E-state index contributed by atoms with van der Waals surface area (Å²) in [5, 5.41) is 0. The predicted octanol–water partition coefficient (Wildman–Crippen LogP) is 17.7. The molecule has 61 heavy (non-hydrogen) atoms. The number of hydrogen-bond acceptors (Lipinski definition) is 6. The maximum absolute atomic E-state index is 12.8. The van der Waals surface area contributed by atoms with Crippen LogP contribution in [0.1, 0.15) is 304 Å². The van der Waals surface area contributed by atoms with Crippen LogP contribution in [0.4, 0.5) is 0 Å². The van der Waals surface area contributed by atoms with Crippen molar-refractivity contribution in [2.45, 2.75) is 310 Å². The summed E-state index contributed by atoms with van der Waals surface area (Å²) in [7, 11) is 0. The van der Waals surface area contributed by atoms with Gasteiger partial charge in [-0.1, -0.05) is 266 Å². The van der Waals surface area contributed by atoms with Crippen LogP contribution in [0, 0.1) is 11.8 Å². The third-order valence-corrected chi connectivity index (χ3v) is 12.5. The van der Waals surface area contributed by atoms with Crippen molar-refractivity contribution in [2.24, 2.45) is 11.8 Å². The number of hydrogen-bond donors (Lipinski definition) is 0. The second-order valence-electron chi connectivity index (χ2n) is 19.8. The van der Waals surface area contributed by atoms with E-state index >= 15 is 0 Å². The molecule has 0 spiro atoms. The van der Waals surface area contributed by atoms with Gasteiger partial charge in [-0.05, 0) is 31.1 Å². The van der Waals surface area contributed by atoms with Crippen LogP contribution >= 0.6 is 0 Å². The zero-order chi connectivity index (χ0) is 44.7. The van der Waals surface area contributed by atoms with Gasteiger partial charge in [-0.15, -0.1) is 0 Å². The Morgan fingerprint density at radius 2 is 0.541 bits per heavy atom. The van der Waals surface area contributed by atoms with Crippen molar-refractivity contribution in [3.8, 4) is 0 Å². The number of carbonyl (C=O) groups excluding carboxylic acids is 3. The fourth-order valence-electron chi connectivity index (χ4n) is 8.34. The average Bonchev–Trinajstić information content (AvgIpc) is 3.23. The Kier molecular flexibility index (Phi) is 46.6. The van der Waals surface area contributed by atoms with Crippen molar-refractivity contribution >= 4 is 17.9 Å². The fourth-order valence-corrected chi connectivity index (χ4v) is 8.34. The number of carbonyl (C=O) groups is 3. The van der Waals surface area contributed by atoms with E-state index in [2.05, 4.69) is 34.6 Å². The summed E-state index contributed by atoms with van der Waals surface area (Å²) in [5.41, 5.74) is 0. The standard InChI is InChI=1S/C55H106O6/c1-6-7-8-9-10-11-12-20-25-30-35-40-45-53(56)59-48-52(61-55(58)47-42-37-32-27-22-17-16-19-24-29-34-39-44-51(4)5)49-60-54(57)46-41-36-31-26-21-15-13-14-18-23-28-33-38-43-50(2)3/h50-52H,6-49H2,1-5H3/t52-/m1/s1. The highest BCUT2D eigenvalue weighted by molar-refractivity contribution is 5.71. The molecule has 0 saturated heterocycles. The van der Waals surface area contributed by atoms with Crippen molar-refractivity contribution in [1.82, 2.24) is 0 Å². The van der Waals surface area contributed by atoms with Crippen molar-refractivity contribution in [3.63, 3.8) is 0 Å². The Balaban J connectivity index is 4.30. The summed E-state index contributed by atoms with van der Waals surface area (Å²) >= 11 is 0. The quantitative estimate of drug-likeness (QED) is 0.0344. The van der Waals surface area contributed by atoms with Crippen LogP contribution in [0.15, 0.2) is 0 Å². The molecule has 0 heterocycles. The molecule has 0 rings (SSSR count). The first-order valence-corrected chi connectivity index (χ1v) is 27.2. The van der Waals surface area contributed by atoms with E-state index in [1.165, 1.54) is 193 Å². The largest absolute Gasteiger partial charge is 0.462 e. The number of rotatable bonds is 49. The van der Waals surface area contributed by atoms with Crippen molar-refractivity contribution in [1.29, 1.82) is 0 Å². The van der Waals surface area contributed by atoms with Gasteiger partial charge in [-0.2, -0.15) is 0 Å². The van der Waals surface area contributed by atoms with Gasteiger partial charge in [0.2, 0.25) is 0 Å². The average molecular weight is 863 g/mol. The molecule has 362 valence electrons. The minimum Gasteiger partial charge on any atom is -0.462 e. The minimum atomic E-state index is -0.762. The summed E-state index contributed by atoms with van der Waals surface area (Å²) in [5.74, 6) is 0.828. The molecule has 1 atom stereocenters. The lowest BCUT2D eigenvalue weighted by Gasteiger charge is -2.18. The van der Waals surface area contributed by atoms with Gasteiger partial charge in [0.1, 0.15) is 13.2 Å². The first-order chi connectivity index (χ1) is 29.7. The third-order valence-electron chi connectivity index (χ3n) is 12.5. The molecule has 0 radical (unpaired) electrons. The number of ether oxygens (including phenoxy) is 3. The van der Waals surface area contributed by atoms with Gasteiger partial charge in [0.05, 0.1) is 0 Å². The van der Waals surface area contributed by atoms with Gasteiger partial charge in [-0.25, -0.2) is 0 Å². The van der Waals surface area contributed by atoms with E-state index < -0.39 is 6.10 Å². The molecule has 6 heteroatoms. The molecule has 0 unspecified atom stereocenters. The van der Waals surface area contributed by atoms with Crippen LogP contribution < -0.4 is 0 Å². The summed E-state index contributed by atoms with van der Waals surface area (Å²) in [6.07, 6.45) is 49.4. The number of esters is 3. The molecule has 0 aliphatic carbocycles. The SMILES string of the molecule is CCCCCCCCCCCCCCC(=O)OC[C@H](COC(=O)CCCCCCCCCCCCCCCC(C)C)OC(=O)CCCCCCCCCCCCCCC(C)C. The Morgan fingerprint density at radius 1 is 0.311 bits per heavy atom. The summed E-state index contributed by atoms with van der Waals surface area (Å²) < 4.78 is 16.8. The molecule has 0 aromatic heterocycles. The lowest BCUT2D eigenvalue weighted by atomic mass is 10.0. The molecule has 0 saturated carbocycles. The monoisotopic (exact) mass is 863 g/mol. The molecule has 0 aromatic rings. The lowest BCUT2D eigenvalue weighted by molar-refractivity contribution is -0.167. The van der Waals surface area contributed by atoms with Crippen LogP contribution in [0.3, 0.4) is 0 Å². The van der Waals surface area contributed by atoms with Crippen LogP contribution in [0.2, 0.25) is 0 Å². The molecule has 0 bridgehead atoms. The van der Waals surface area contributed by atoms with Crippen LogP contribution in [-0.4, -0.2) is 37.2 Å². The molecule has 0 aromatic carbocycles. The van der Waals surface area contributed by atoms with E-state index in [0.717, 1.165) is 69.6 Å². The zero-order valence-electron chi connectivity index (χ0n) is 41.8. The van der Waals surface area contributed by atoms with Crippen LogP contribution in [-0.2, 0) is 28.6 Å². The van der Waals surface area contributed by atoms with E-state index in [-0.39, 0.29) is 31.1 Å². The second-order valence-corrected chi connectivity index (χ2v) is 19.8. The molecule has 0 aliphatic rings. The maximum Gasteiger partial charge on any atom is 0.306 e. The molecule has 0 aliphatic heterocycles. The molecule has 0 fully saturated rings. The third kappa shape index (κ3) is 49.3. The van der Waals surface area contributed by atoms with Crippen LogP contribution in [0.5, 0.6) is 0 Å². The summed E-state index contributed by atoms with van der Waals surface area (Å²) in [6.45, 7) is 11.4. The highest BCUT2D eigenvalue weighted by Gasteiger charge is 2.19. The Bertz CT molecular complexity index is 931. The highest BCUT2D eigenvalue weighted by Crippen LogP contribution is 2.18. The topological polar surface area (TPSA) is 78.9 Å². The highest BCUT2D eigenvalue weighted by atomic mass is 16.6. The van der Waals surface area contributed by atoms with E-state index in [9.17, 15) is 14.4 Å².